The number of rotatable bonds is 8. The third-order valence-corrected chi connectivity index (χ3v) is 6.78. The van der Waals surface area contributed by atoms with Gasteiger partial charge in [-0.1, -0.05) is 0 Å². The Balaban J connectivity index is 1.28. The third kappa shape index (κ3) is 4.43. The van der Waals surface area contributed by atoms with Crippen molar-refractivity contribution in [1.29, 1.82) is 0 Å². The molecule has 0 fully saturated rings. The second kappa shape index (κ2) is 9.47. The molecule has 0 radical (unpaired) electrons. The average molecular weight is 515 g/mol. The summed E-state index contributed by atoms with van der Waals surface area (Å²) in [4.78, 5) is 9.83. The second-order valence-electron chi connectivity index (χ2n) is 8.13. The normalized spacial score (nSPS) is 11.2. The topological polar surface area (TPSA) is 93.1 Å². The first kappa shape index (κ1) is 22.9. The first-order chi connectivity index (χ1) is 18.1. The molecule has 6 aromatic rings. The zero-order valence-electron chi connectivity index (χ0n) is 20.3. The molecule has 0 aliphatic heterocycles. The van der Waals surface area contributed by atoms with Crippen molar-refractivity contribution in [1.82, 2.24) is 19.6 Å². The number of aromatic nitrogens is 4. The number of hydrogen-bond acceptors (Lipinski definition) is 9. The molecule has 0 saturated heterocycles. The van der Waals surface area contributed by atoms with Crippen LogP contribution in [0, 0.1) is 0 Å². The summed E-state index contributed by atoms with van der Waals surface area (Å²) >= 11 is 1.36. The van der Waals surface area contributed by atoms with Crippen LogP contribution in [-0.4, -0.2) is 40.9 Å². The Kier molecular flexibility index (Phi) is 5.85. The van der Waals surface area contributed by atoms with Crippen LogP contribution in [0.2, 0.25) is 0 Å². The summed E-state index contributed by atoms with van der Waals surface area (Å²) in [5, 5.41) is 5.80. The molecule has 10 heteroatoms. The van der Waals surface area contributed by atoms with Gasteiger partial charge in [0.25, 0.3) is 5.19 Å². The van der Waals surface area contributed by atoms with Crippen LogP contribution in [0.15, 0.2) is 71.4 Å². The van der Waals surface area contributed by atoms with E-state index in [0.29, 0.717) is 40.3 Å². The van der Waals surface area contributed by atoms with Gasteiger partial charge in [0, 0.05) is 34.8 Å². The van der Waals surface area contributed by atoms with Gasteiger partial charge in [-0.25, -0.2) is 9.50 Å². The molecule has 0 saturated carbocycles. The number of fused-ring (bicyclic) bond motifs is 2. The number of furan rings is 1. The molecule has 6 rings (SSSR count). The van der Waals surface area contributed by atoms with Crippen LogP contribution >= 0.6 is 11.3 Å². The average Bonchev–Trinajstić information content (AvgIpc) is 3.65. The number of hydrogen-bond donors (Lipinski definition) is 0. The van der Waals surface area contributed by atoms with Crippen molar-refractivity contribution in [3.05, 3.63) is 72.6 Å². The highest BCUT2D eigenvalue weighted by molar-refractivity contribution is 7.18. The molecule has 0 amide bonds. The highest BCUT2D eigenvalue weighted by Gasteiger charge is 2.17. The molecule has 0 aliphatic carbocycles. The van der Waals surface area contributed by atoms with E-state index in [9.17, 15) is 0 Å². The van der Waals surface area contributed by atoms with E-state index in [1.165, 1.54) is 11.3 Å². The van der Waals surface area contributed by atoms with E-state index in [4.69, 9.17) is 23.4 Å². The summed E-state index contributed by atoms with van der Waals surface area (Å²) in [7, 11) is 4.86. The van der Waals surface area contributed by atoms with Crippen LogP contribution in [0.5, 0.6) is 22.4 Å². The Morgan fingerprint density at radius 3 is 2.46 bits per heavy atom. The molecule has 37 heavy (non-hydrogen) atoms. The summed E-state index contributed by atoms with van der Waals surface area (Å²) in [6.45, 7) is 0.315. The zero-order chi connectivity index (χ0) is 25.4. The maximum absolute atomic E-state index is 6.18. The van der Waals surface area contributed by atoms with E-state index in [2.05, 4.69) is 15.1 Å². The molecule has 0 bridgehead atoms. The Morgan fingerprint density at radius 1 is 0.865 bits per heavy atom. The monoisotopic (exact) mass is 514 g/mol. The number of imidazole rings is 1. The van der Waals surface area contributed by atoms with E-state index in [1.54, 1.807) is 32.0 Å². The summed E-state index contributed by atoms with van der Waals surface area (Å²) < 4.78 is 30.0. The standard InChI is InChI=1S/C27H22N4O5S/c1-32-18-6-4-16(5-7-18)22-11-19(8-9-28-22)35-15-17-10-20(33-2)12-24-21(17)13-25(36-24)23-14-31-26(29-23)37-27(30-31)34-3/h4-14H,15H2,1-3H3. The molecule has 186 valence electrons. The number of benzene rings is 2. The van der Waals surface area contributed by atoms with Crippen LogP contribution in [-0.2, 0) is 6.61 Å². The van der Waals surface area contributed by atoms with E-state index in [1.807, 2.05) is 60.8 Å². The Morgan fingerprint density at radius 2 is 1.70 bits per heavy atom. The predicted molar refractivity (Wildman–Crippen MR) is 140 cm³/mol. The van der Waals surface area contributed by atoms with Crippen LogP contribution in [0.25, 0.3) is 38.6 Å². The van der Waals surface area contributed by atoms with Crippen molar-refractivity contribution in [3.8, 4) is 45.2 Å². The third-order valence-electron chi connectivity index (χ3n) is 5.90. The van der Waals surface area contributed by atoms with Crippen LogP contribution in [0.3, 0.4) is 0 Å². The second-order valence-corrected chi connectivity index (χ2v) is 9.05. The van der Waals surface area contributed by atoms with Gasteiger partial charge in [-0.05, 0) is 53.8 Å². The van der Waals surface area contributed by atoms with Crippen molar-refractivity contribution < 1.29 is 23.4 Å². The lowest BCUT2D eigenvalue weighted by Crippen LogP contribution is -1.97. The highest BCUT2D eigenvalue weighted by atomic mass is 32.1. The quantitative estimate of drug-likeness (QED) is 0.249. The molecule has 0 atom stereocenters. The van der Waals surface area contributed by atoms with Gasteiger partial charge in [-0.15, -0.1) is 5.10 Å². The Hall–Kier alpha value is -4.57. The van der Waals surface area contributed by atoms with Crippen LogP contribution in [0.4, 0.5) is 0 Å². The van der Waals surface area contributed by atoms with Crippen molar-refractivity contribution in [2.75, 3.05) is 21.3 Å². The highest BCUT2D eigenvalue weighted by Crippen LogP contribution is 2.34. The van der Waals surface area contributed by atoms with Crippen molar-refractivity contribution >= 4 is 27.3 Å². The fraction of sp³-hybridized carbons (Fsp3) is 0.148. The zero-order valence-corrected chi connectivity index (χ0v) is 21.1. The largest absolute Gasteiger partial charge is 0.497 e. The fourth-order valence-electron chi connectivity index (χ4n) is 4.01. The molecule has 4 aromatic heterocycles. The van der Waals surface area contributed by atoms with Crippen LogP contribution in [0.1, 0.15) is 5.56 Å². The van der Waals surface area contributed by atoms with Gasteiger partial charge in [0.1, 0.15) is 35.1 Å². The SMILES string of the molecule is COc1ccc(-c2cc(OCc3cc(OC)cc4oc(-c5cn6nc(OC)sc6n5)cc34)ccn2)cc1. The summed E-state index contributed by atoms with van der Waals surface area (Å²) in [6.07, 6.45) is 3.55. The van der Waals surface area contributed by atoms with Gasteiger partial charge < -0.3 is 23.4 Å². The lowest BCUT2D eigenvalue weighted by atomic mass is 10.1. The maximum atomic E-state index is 6.18. The molecule has 4 heterocycles. The number of ether oxygens (including phenoxy) is 4. The lowest BCUT2D eigenvalue weighted by Gasteiger charge is -2.10. The summed E-state index contributed by atoms with van der Waals surface area (Å²) in [6, 6.07) is 17.3. The smallest absolute Gasteiger partial charge is 0.294 e. The summed E-state index contributed by atoms with van der Waals surface area (Å²) in [5.41, 5.74) is 4.08. The predicted octanol–water partition coefficient (Wildman–Crippen LogP) is 5.87. The van der Waals surface area contributed by atoms with Gasteiger partial charge in [-0.2, -0.15) is 0 Å². The van der Waals surface area contributed by atoms with E-state index in [-0.39, 0.29) is 0 Å². The van der Waals surface area contributed by atoms with E-state index < -0.39 is 0 Å². The van der Waals surface area contributed by atoms with Gasteiger partial charge in [0.2, 0.25) is 4.96 Å². The van der Waals surface area contributed by atoms with E-state index in [0.717, 1.165) is 32.9 Å². The summed E-state index contributed by atoms with van der Waals surface area (Å²) in [5.74, 6) is 2.81. The van der Waals surface area contributed by atoms with Gasteiger partial charge in [-0.3, -0.25) is 4.98 Å². The minimum absolute atomic E-state index is 0.315. The van der Waals surface area contributed by atoms with Crippen molar-refractivity contribution in [2.45, 2.75) is 6.61 Å². The van der Waals surface area contributed by atoms with Crippen LogP contribution < -0.4 is 18.9 Å². The Bertz CT molecular complexity index is 1670. The first-order valence-corrected chi connectivity index (χ1v) is 12.2. The molecule has 2 aromatic carbocycles. The van der Waals surface area contributed by atoms with Gasteiger partial charge in [0.05, 0.1) is 33.2 Å². The number of pyridine rings is 1. The molecule has 0 aliphatic rings. The minimum Gasteiger partial charge on any atom is -0.497 e. The van der Waals surface area contributed by atoms with Crippen molar-refractivity contribution in [3.63, 3.8) is 0 Å². The van der Waals surface area contributed by atoms with Gasteiger partial charge >= 0.3 is 0 Å². The van der Waals surface area contributed by atoms with Crippen molar-refractivity contribution in [2.24, 2.45) is 0 Å². The molecule has 0 spiro atoms. The minimum atomic E-state index is 0.315. The Labute approximate surface area is 215 Å². The number of nitrogens with zero attached hydrogens (tertiary/aromatic N) is 4. The lowest BCUT2D eigenvalue weighted by molar-refractivity contribution is 0.306. The fourth-order valence-corrected chi connectivity index (χ4v) is 4.71. The molecule has 9 nitrogen and oxygen atoms in total. The molecular weight excluding hydrogens is 492 g/mol. The maximum Gasteiger partial charge on any atom is 0.294 e. The number of methoxy groups -OCH3 is 3. The first-order valence-electron chi connectivity index (χ1n) is 11.4. The molecule has 0 N–H and O–H groups in total. The van der Waals surface area contributed by atoms with Gasteiger partial charge in [0.15, 0.2) is 5.76 Å². The molecular formula is C27H22N4O5S. The van der Waals surface area contributed by atoms with E-state index >= 15 is 0 Å². The molecule has 0 unspecified atom stereocenters.